The number of aliphatic hydroxyl groups is 5. The molecule has 0 radical (unpaired) electrons. The molecule has 1 aliphatic rings. The number of carbonyl (C=O) groups is 1. The maximum atomic E-state index is 13.1. The standard InChI is InChI=1S/C58H103NO8/c1-3-5-7-9-11-13-15-17-19-21-22-23-24-25-26-27-28-29-30-32-34-36-38-40-42-44-46-48-54(62)59-51(50-66-58-57(65)56(64)55(63)53(49-60)67-58)52(61)47-45-43-41-39-37-35-33-31-20-18-16-14-12-10-8-6-4-2/h5,7,11,13,17,19,22-23,25-26,28-29,51-53,55-58,60-61,63-65H,3-4,6,8-10,12,14-16,18,20-21,24,27,30-50H2,1-2H3,(H,59,62)/b7-5-,13-11-,19-17-,23-22-,26-25-,29-28-. The van der Waals surface area contributed by atoms with Gasteiger partial charge in [0.25, 0.3) is 0 Å². The zero-order chi connectivity index (χ0) is 48.7. The van der Waals surface area contributed by atoms with Gasteiger partial charge in [-0.05, 0) is 64.2 Å². The van der Waals surface area contributed by atoms with E-state index in [1.807, 2.05) is 0 Å². The molecule has 0 spiro atoms. The minimum atomic E-state index is -1.56. The first-order valence-corrected chi connectivity index (χ1v) is 27.6. The molecule has 1 fully saturated rings. The molecule has 9 heteroatoms. The Balaban J connectivity index is 2.24. The van der Waals surface area contributed by atoms with Crippen LogP contribution in [0.15, 0.2) is 72.9 Å². The number of unbranched alkanes of at least 4 members (excludes halogenated alkanes) is 24. The summed E-state index contributed by atoms with van der Waals surface area (Å²) >= 11 is 0. The van der Waals surface area contributed by atoms with E-state index in [4.69, 9.17) is 9.47 Å². The first-order valence-electron chi connectivity index (χ1n) is 27.6. The Morgan fingerprint density at radius 1 is 0.522 bits per heavy atom. The van der Waals surface area contributed by atoms with Gasteiger partial charge in [0.15, 0.2) is 6.29 Å². The van der Waals surface area contributed by atoms with Gasteiger partial charge in [-0.25, -0.2) is 0 Å². The second-order valence-corrected chi connectivity index (χ2v) is 19.0. The summed E-state index contributed by atoms with van der Waals surface area (Å²) in [5, 5.41) is 54.6. The predicted octanol–water partition coefficient (Wildman–Crippen LogP) is 13.3. The Bertz CT molecular complexity index is 1280. The van der Waals surface area contributed by atoms with Crippen molar-refractivity contribution in [2.75, 3.05) is 13.2 Å². The maximum Gasteiger partial charge on any atom is 0.220 e. The minimum absolute atomic E-state index is 0.144. The number of hydrogen-bond acceptors (Lipinski definition) is 8. The molecule has 1 rings (SSSR count). The van der Waals surface area contributed by atoms with Crippen molar-refractivity contribution in [2.24, 2.45) is 0 Å². The second-order valence-electron chi connectivity index (χ2n) is 19.0. The third-order valence-electron chi connectivity index (χ3n) is 12.8. The van der Waals surface area contributed by atoms with Gasteiger partial charge in [-0.2, -0.15) is 0 Å². The van der Waals surface area contributed by atoms with E-state index in [2.05, 4.69) is 92.1 Å². The lowest BCUT2D eigenvalue weighted by Gasteiger charge is -2.40. The Labute approximate surface area is 410 Å². The average molecular weight is 942 g/mol. The molecule has 67 heavy (non-hydrogen) atoms. The van der Waals surface area contributed by atoms with Crippen LogP contribution in [0.25, 0.3) is 0 Å². The summed E-state index contributed by atoms with van der Waals surface area (Å²) in [6, 6.07) is -0.728. The first kappa shape index (κ1) is 62.6. The van der Waals surface area contributed by atoms with Crippen LogP contribution in [-0.2, 0) is 14.3 Å². The summed E-state index contributed by atoms with van der Waals surface area (Å²) in [5.41, 5.74) is 0. The van der Waals surface area contributed by atoms with Crippen molar-refractivity contribution in [3.8, 4) is 0 Å². The topological polar surface area (TPSA) is 149 Å². The summed E-state index contributed by atoms with van der Waals surface area (Å²) in [6.45, 7) is 3.73. The molecule has 0 saturated carbocycles. The van der Waals surface area contributed by atoms with Crippen LogP contribution in [0, 0.1) is 0 Å². The first-order chi connectivity index (χ1) is 32.8. The third-order valence-corrected chi connectivity index (χ3v) is 12.8. The zero-order valence-corrected chi connectivity index (χ0v) is 42.9. The second kappa shape index (κ2) is 47.3. The maximum absolute atomic E-state index is 13.1. The van der Waals surface area contributed by atoms with Crippen molar-refractivity contribution >= 4 is 5.91 Å². The number of allylic oxidation sites excluding steroid dienone is 12. The van der Waals surface area contributed by atoms with Gasteiger partial charge in [0.05, 0.1) is 25.4 Å². The lowest BCUT2D eigenvalue weighted by atomic mass is 9.99. The number of amides is 1. The van der Waals surface area contributed by atoms with Gasteiger partial charge in [-0.15, -0.1) is 0 Å². The molecule has 9 nitrogen and oxygen atoms in total. The van der Waals surface area contributed by atoms with E-state index in [-0.39, 0.29) is 12.5 Å². The molecule has 388 valence electrons. The van der Waals surface area contributed by atoms with E-state index in [9.17, 15) is 30.3 Å². The van der Waals surface area contributed by atoms with Crippen molar-refractivity contribution in [1.29, 1.82) is 0 Å². The SMILES string of the molecule is CC/C=C\C/C=C\C/C=C\C/C=C\C/C=C\C/C=C\CCCCCCCCCCC(=O)NC(COC1OC(CO)C(O)C(O)C1O)C(O)CCCCCCCCCCCCCCCCCCC. The molecule has 1 saturated heterocycles. The summed E-state index contributed by atoms with van der Waals surface area (Å²) in [4.78, 5) is 13.1. The number of nitrogens with one attached hydrogen (secondary N) is 1. The summed E-state index contributed by atoms with van der Waals surface area (Å²) in [5.74, 6) is -0.154. The van der Waals surface area contributed by atoms with Crippen LogP contribution in [0.3, 0.4) is 0 Å². The van der Waals surface area contributed by atoms with Gasteiger partial charge in [0, 0.05) is 6.42 Å². The molecule has 0 aromatic heterocycles. The monoisotopic (exact) mass is 942 g/mol. The van der Waals surface area contributed by atoms with Crippen molar-refractivity contribution in [3.63, 3.8) is 0 Å². The van der Waals surface area contributed by atoms with Crippen LogP contribution in [-0.4, -0.2) is 87.5 Å². The van der Waals surface area contributed by atoms with Crippen LogP contribution in [0.5, 0.6) is 0 Å². The molecule has 1 amide bonds. The number of rotatable bonds is 46. The molecule has 1 aliphatic heterocycles. The summed E-state index contributed by atoms with van der Waals surface area (Å²) in [7, 11) is 0. The minimum Gasteiger partial charge on any atom is -0.394 e. The van der Waals surface area contributed by atoms with Crippen LogP contribution >= 0.6 is 0 Å². The van der Waals surface area contributed by atoms with Gasteiger partial charge >= 0.3 is 0 Å². The number of ether oxygens (including phenoxy) is 2. The number of hydrogen-bond donors (Lipinski definition) is 6. The van der Waals surface area contributed by atoms with Crippen LogP contribution < -0.4 is 5.32 Å². The molecule has 7 unspecified atom stereocenters. The largest absolute Gasteiger partial charge is 0.394 e. The molecular formula is C58H103NO8. The normalized spacial score (nSPS) is 20.3. The van der Waals surface area contributed by atoms with Crippen molar-refractivity contribution in [2.45, 2.75) is 275 Å². The molecule has 1 heterocycles. The van der Waals surface area contributed by atoms with Gasteiger partial charge < -0.3 is 40.3 Å². The lowest BCUT2D eigenvalue weighted by Crippen LogP contribution is -2.60. The van der Waals surface area contributed by atoms with E-state index >= 15 is 0 Å². The number of carbonyl (C=O) groups excluding carboxylic acids is 1. The third kappa shape index (κ3) is 37.2. The average Bonchev–Trinajstić information content (AvgIpc) is 3.33. The van der Waals surface area contributed by atoms with Gasteiger partial charge in [-0.3, -0.25) is 4.79 Å². The Morgan fingerprint density at radius 2 is 0.925 bits per heavy atom. The lowest BCUT2D eigenvalue weighted by molar-refractivity contribution is -0.302. The molecule has 0 aromatic rings. The van der Waals surface area contributed by atoms with E-state index in [0.29, 0.717) is 12.8 Å². The molecular weight excluding hydrogens is 839 g/mol. The summed E-state index contributed by atoms with van der Waals surface area (Å²) < 4.78 is 11.3. The van der Waals surface area contributed by atoms with Crippen LogP contribution in [0.4, 0.5) is 0 Å². The van der Waals surface area contributed by atoms with E-state index < -0.39 is 49.5 Å². The van der Waals surface area contributed by atoms with Crippen molar-refractivity contribution in [1.82, 2.24) is 5.32 Å². The van der Waals surface area contributed by atoms with Gasteiger partial charge in [-0.1, -0.05) is 234 Å². The van der Waals surface area contributed by atoms with Crippen molar-refractivity contribution < 1.29 is 39.8 Å². The Hall–Kier alpha value is -2.37. The van der Waals surface area contributed by atoms with E-state index in [0.717, 1.165) is 89.9 Å². The molecule has 0 aromatic carbocycles. The fourth-order valence-corrected chi connectivity index (χ4v) is 8.46. The quantitative estimate of drug-likeness (QED) is 0.0261. The highest BCUT2D eigenvalue weighted by molar-refractivity contribution is 5.76. The molecule has 7 atom stereocenters. The molecule has 0 bridgehead atoms. The number of aliphatic hydroxyl groups excluding tert-OH is 5. The molecule has 6 N–H and O–H groups in total. The van der Waals surface area contributed by atoms with Crippen LogP contribution in [0.2, 0.25) is 0 Å². The predicted molar refractivity (Wildman–Crippen MR) is 281 cm³/mol. The van der Waals surface area contributed by atoms with E-state index in [1.165, 1.54) is 116 Å². The highest BCUT2D eigenvalue weighted by atomic mass is 16.7. The molecule has 0 aliphatic carbocycles. The Kier molecular flexibility index (Phi) is 44.2. The Morgan fingerprint density at radius 3 is 1.37 bits per heavy atom. The highest BCUT2D eigenvalue weighted by Crippen LogP contribution is 2.23. The van der Waals surface area contributed by atoms with Gasteiger partial charge in [0.1, 0.15) is 24.4 Å². The summed E-state index contributed by atoms with van der Waals surface area (Å²) in [6.07, 6.45) is 57.7. The zero-order valence-electron chi connectivity index (χ0n) is 42.9. The van der Waals surface area contributed by atoms with E-state index in [1.54, 1.807) is 0 Å². The highest BCUT2D eigenvalue weighted by Gasteiger charge is 2.44. The fourth-order valence-electron chi connectivity index (χ4n) is 8.46. The smallest absolute Gasteiger partial charge is 0.220 e. The van der Waals surface area contributed by atoms with Gasteiger partial charge in [0.2, 0.25) is 5.91 Å². The fraction of sp³-hybridized carbons (Fsp3) is 0.776. The van der Waals surface area contributed by atoms with Crippen LogP contribution in [0.1, 0.15) is 232 Å². The van der Waals surface area contributed by atoms with Crippen molar-refractivity contribution in [3.05, 3.63) is 72.9 Å².